The molecule has 0 unspecified atom stereocenters. The molecule has 1 heterocycles. The summed E-state index contributed by atoms with van der Waals surface area (Å²) in [6, 6.07) is 0. The maximum absolute atomic E-state index is 10.6. The molecule has 0 radical (unpaired) electrons. The predicted molar refractivity (Wildman–Crippen MR) is 45.5 cm³/mol. The molecule has 1 aliphatic heterocycles. The first kappa shape index (κ1) is 8.90. The van der Waals surface area contributed by atoms with Crippen LogP contribution in [-0.4, -0.2) is 12.5 Å². The van der Waals surface area contributed by atoms with Crippen LogP contribution in [-0.2, 0) is 4.79 Å². The predicted octanol–water partition coefficient (Wildman–Crippen LogP) is 1.60. The largest absolute Gasteiger partial charge is 0.368 e. The molecule has 0 saturated carbocycles. The van der Waals surface area contributed by atoms with Gasteiger partial charge >= 0.3 is 0 Å². The lowest BCUT2D eigenvalue weighted by Crippen LogP contribution is -2.12. The summed E-state index contributed by atoms with van der Waals surface area (Å²) in [6.45, 7) is 3.02. The zero-order valence-corrected chi connectivity index (χ0v) is 7.21. The average molecular weight is 167 g/mol. The average Bonchev–Trinajstić information content (AvgIpc) is 2.45. The summed E-state index contributed by atoms with van der Waals surface area (Å²) in [7, 11) is 0. The zero-order chi connectivity index (χ0) is 8.81. The molecule has 1 rings (SSSR count). The lowest BCUT2D eigenvalue weighted by Gasteiger charge is -2.00. The summed E-state index contributed by atoms with van der Waals surface area (Å²) in [5.74, 6) is 0.323. The van der Waals surface area contributed by atoms with Gasteiger partial charge in [-0.25, -0.2) is 0 Å². The van der Waals surface area contributed by atoms with Crippen molar-refractivity contribution >= 4 is 5.91 Å². The van der Waals surface area contributed by atoms with E-state index in [1.165, 1.54) is 18.9 Å². The molecule has 0 aromatic heterocycles. The van der Waals surface area contributed by atoms with Crippen molar-refractivity contribution in [1.82, 2.24) is 5.32 Å². The number of unbranched alkanes of at least 4 members (excludes halogenated alkanes) is 2. The second-order valence-electron chi connectivity index (χ2n) is 2.70. The van der Waals surface area contributed by atoms with E-state index in [1.54, 1.807) is 0 Å². The molecular weight excluding hydrogens is 154 g/mol. The molecule has 4 nitrogen and oxygen atoms in total. The fourth-order valence-corrected chi connectivity index (χ4v) is 0.956. The summed E-state index contributed by atoms with van der Waals surface area (Å²) < 4.78 is 0. The van der Waals surface area contributed by atoms with Crippen molar-refractivity contribution in [2.75, 3.05) is 6.54 Å². The highest BCUT2D eigenvalue weighted by atomic mass is 16.1. The molecular formula is C8H13N3O. The van der Waals surface area contributed by atoms with E-state index in [2.05, 4.69) is 22.5 Å². The Morgan fingerprint density at radius 1 is 1.42 bits per heavy atom. The maximum Gasteiger partial charge on any atom is 0.292 e. The number of hydrogen-bond donors (Lipinski definition) is 1. The minimum absolute atomic E-state index is 0.270. The van der Waals surface area contributed by atoms with Gasteiger partial charge in [-0.1, -0.05) is 19.8 Å². The Hall–Kier alpha value is -1.19. The Bertz CT molecular complexity index is 220. The van der Waals surface area contributed by atoms with Gasteiger partial charge in [0.1, 0.15) is 0 Å². The van der Waals surface area contributed by atoms with Crippen LogP contribution in [0.2, 0.25) is 0 Å². The van der Waals surface area contributed by atoms with Crippen molar-refractivity contribution in [2.45, 2.75) is 26.2 Å². The minimum Gasteiger partial charge on any atom is -0.368 e. The second kappa shape index (κ2) is 4.64. The monoisotopic (exact) mass is 167 g/mol. The summed E-state index contributed by atoms with van der Waals surface area (Å²) in [6.07, 6.45) is 4.91. The van der Waals surface area contributed by atoms with Crippen LogP contribution in [0, 0.1) is 0 Å². The van der Waals surface area contributed by atoms with Gasteiger partial charge < -0.3 is 5.32 Å². The quantitative estimate of drug-likeness (QED) is 0.632. The molecule has 0 spiro atoms. The Morgan fingerprint density at radius 2 is 2.25 bits per heavy atom. The van der Waals surface area contributed by atoms with Gasteiger partial charge in [0, 0.05) is 6.54 Å². The second-order valence-corrected chi connectivity index (χ2v) is 2.70. The fourth-order valence-electron chi connectivity index (χ4n) is 0.956. The van der Waals surface area contributed by atoms with Gasteiger partial charge in [-0.05, 0) is 6.42 Å². The van der Waals surface area contributed by atoms with Gasteiger partial charge in [-0.3, -0.25) is 4.79 Å². The van der Waals surface area contributed by atoms with Gasteiger partial charge in [-0.15, -0.1) is 10.2 Å². The van der Waals surface area contributed by atoms with E-state index < -0.39 is 0 Å². The first-order valence-electron chi connectivity index (χ1n) is 4.24. The highest BCUT2D eigenvalue weighted by Crippen LogP contribution is 2.03. The zero-order valence-electron chi connectivity index (χ0n) is 7.21. The number of nitrogens with one attached hydrogen (secondary N) is 1. The van der Waals surface area contributed by atoms with Gasteiger partial charge in [0.25, 0.3) is 5.91 Å². The Balaban J connectivity index is 2.12. The molecule has 0 atom stereocenters. The van der Waals surface area contributed by atoms with Gasteiger partial charge in [0.15, 0.2) is 5.82 Å². The van der Waals surface area contributed by atoms with Crippen LogP contribution in [0.15, 0.2) is 22.1 Å². The highest BCUT2D eigenvalue weighted by Gasteiger charge is 2.05. The number of azo groups is 1. The van der Waals surface area contributed by atoms with Gasteiger partial charge in [-0.2, -0.15) is 0 Å². The van der Waals surface area contributed by atoms with E-state index in [0.29, 0.717) is 5.82 Å². The lowest BCUT2D eigenvalue weighted by atomic mass is 10.2. The number of carbonyl (C=O) groups is 1. The third-order valence-electron chi connectivity index (χ3n) is 1.60. The fraction of sp³-hybridized carbons (Fsp3) is 0.625. The molecule has 4 heteroatoms. The van der Waals surface area contributed by atoms with Crippen LogP contribution in [0.3, 0.4) is 0 Å². The third-order valence-corrected chi connectivity index (χ3v) is 1.60. The van der Waals surface area contributed by atoms with Crippen LogP contribution in [0.25, 0.3) is 0 Å². The normalized spacial score (nSPS) is 15.1. The molecule has 0 aliphatic carbocycles. The topological polar surface area (TPSA) is 53.8 Å². The van der Waals surface area contributed by atoms with Crippen molar-refractivity contribution in [1.29, 1.82) is 0 Å². The van der Waals surface area contributed by atoms with Crippen LogP contribution in [0.4, 0.5) is 0 Å². The lowest BCUT2D eigenvalue weighted by molar-refractivity contribution is -0.113. The van der Waals surface area contributed by atoms with Crippen LogP contribution >= 0.6 is 0 Å². The molecule has 0 saturated heterocycles. The molecule has 1 aliphatic rings. The number of amides is 1. The molecule has 0 bridgehead atoms. The van der Waals surface area contributed by atoms with Crippen molar-refractivity contribution in [2.24, 2.45) is 10.2 Å². The van der Waals surface area contributed by atoms with Crippen molar-refractivity contribution in [3.63, 3.8) is 0 Å². The number of hydrogen-bond acceptors (Lipinski definition) is 3. The maximum atomic E-state index is 10.6. The van der Waals surface area contributed by atoms with Crippen molar-refractivity contribution in [3.05, 3.63) is 11.9 Å². The van der Waals surface area contributed by atoms with E-state index in [-0.39, 0.29) is 5.91 Å². The molecule has 1 amide bonds. The minimum atomic E-state index is -0.270. The van der Waals surface area contributed by atoms with E-state index >= 15 is 0 Å². The van der Waals surface area contributed by atoms with Crippen molar-refractivity contribution < 1.29 is 4.79 Å². The highest BCUT2D eigenvalue weighted by molar-refractivity contribution is 5.90. The molecule has 1 N–H and O–H groups in total. The summed E-state index contributed by atoms with van der Waals surface area (Å²) >= 11 is 0. The summed E-state index contributed by atoms with van der Waals surface area (Å²) in [5.41, 5.74) is 0. The van der Waals surface area contributed by atoms with E-state index in [4.69, 9.17) is 0 Å². The van der Waals surface area contributed by atoms with Gasteiger partial charge in [0.05, 0.1) is 6.08 Å². The van der Waals surface area contributed by atoms with E-state index in [9.17, 15) is 4.79 Å². The van der Waals surface area contributed by atoms with E-state index in [0.717, 1.165) is 13.0 Å². The molecule has 12 heavy (non-hydrogen) atoms. The van der Waals surface area contributed by atoms with Crippen LogP contribution in [0.1, 0.15) is 26.2 Å². The van der Waals surface area contributed by atoms with Crippen LogP contribution < -0.4 is 5.32 Å². The molecule has 0 fully saturated rings. The SMILES string of the molecule is CCCCCNC1=CC(=O)N=N1. The van der Waals surface area contributed by atoms with Crippen molar-refractivity contribution in [3.8, 4) is 0 Å². The smallest absolute Gasteiger partial charge is 0.292 e. The van der Waals surface area contributed by atoms with E-state index in [1.807, 2.05) is 0 Å². The number of nitrogens with zero attached hydrogens (tertiary/aromatic N) is 2. The first-order chi connectivity index (χ1) is 5.83. The number of rotatable bonds is 5. The summed E-state index contributed by atoms with van der Waals surface area (Å²) in [5, 5.41) is 10.0. The first-order valence-corrected chi connectivity index (χ1v) is 4.24. The Morgan fingerprint density at radius 3 is 2.83 bits per heavy atom. The number of carbonyl (C=O) groups excluding carboxylic acids is 1. The third kappa shape index (κ3) is 2.82. The van der Waals surface area contributed by atoms with Crippen LogP contribution in [0.5, 0.6) is 0 Å². The Kier molecular flexibility index (Phi) is 3.44. The summed E-state index contributed by atoms with van der Waals surface area (Å²) in [4.78, 5) is 10.6. The standard InChI is InChI=1S/C8H13N3O/c1-2-3-4-5-9-7-6-8(12)11-10-7/h6,9H,2-5H2,1H3. The molecule has 0 aromatic carbocycles. The Labute approximate surface area is 71.8 Å². The van der Waals surface area contributed by atoms with Gasteiger partial charge in [0.2, 0.25) is 0 Å². The molecule has 0 aromatic rings. The molecule has 66 valence electrons.